The topological polar surface area (TPSA) is 67.2 Å². The van der Waals surface area contributed by atoms with Crippen molar-refractivity contribution in [2.75, 3.05) is 18.9 Å². The summed E-state index contributed by atoms with van der Waals surface area (Å²) in [6, 6.07) is 13.5. The number of carbonyl (C=O) groups is 2. The molecule has 1 aromatic heterocycles. The fraction of sp³-hybridized carbons (Fsp3) is 0.261. The number of benzene rings is 2. The summed E-state index contributed by atoms with van der Waals surface area (Å²) in [4.78, 5) is 26.8. The summed E-state index contributed by atoms with van der Waals surface area (Å²) in [7, 11) is 1.54. The molecule has 3 aromatic rings. The van der Waals surface area contributed by atoms with Crippen LogP contribution in [0, 0.1) is 0 Å². The first kappa shape index (κ1) is 24.1. The molecular formula is C23H23Cl3N4O2. The second-order valence-electron chi connectivity index (χ2n) is 8.42. The van der Waals surface area contributed by atoms with Gasteiger partial charge in [-0.1, -0.05) is 55.6 Å². The van der Waals surface area contributed by atoms with Gasteiger partial charge in [0.1, 0.15) is 5.82 Å². The molecule has 0 saturated carbocycles. The van der Waals surface area contributed by atoms with Crippen LogP contribution in [0.3, 0.4) is 0 Å². The third kappa shape index (κ3) is 5.82. The molecule has 0 aliphatic rings. The summed E-state index contributed by atoms with van der Waals surface area (Å²) in [5, 5.41) is 8.82. The van der Waals surface area contributed by atoms with Gasteiger partial charge in [-0.2, -0.15) is 5.10 Å². The molecule has 2 amide bonds. The number of hydrogen-bond donors (Lipinski definition) is 1. The van der Waals surface area contributed by atoms with Crippen molar-refractivity contribution in [1.29, 1.82) is 0 Å². The molecule has 3 rings (SSSR count). The van der Waals surface area contributed by atoms with E-state index in [0.717, 1.165) is 11.4 Å². The summed E-state index contributed by atoms with van der Waals surface area (Å²) in [5.41, 5.74) is 1.63. The van der Waals surface area contributed by atoms with E-state index in [-0.39, 0.29) is 23.8 Å². The third-order valence-electron chi connectivity index (χ3n) is 4.65. The van der Waals surface area contributed by atoms with E-state index in [2.05, 4.69) is 10.4 Å². The van der Waals surface area contributed by atoms with Gasteiger partial charge in [0, 0.05) is 39.2 Å². The standard InChI is InChI=1S/C23H23Cl3N4O2/c1-23(2,3)19-12-20(30(28-19)18-7-5-15(24)6-8-18)27-21(31)13-29(4)22(32)14-9-16(25)11-17(26)10-14/h5-12H,13H2,1-4H3,(H,27,31). The lowest BCUT2D eigenvalue weighted by molar-refractivity contribution is -0.116. The monoisotopic (exact) mass is 492 g/mol. The first-order chi connectivity index (χ1) is 14.9. The fourth-order valence-electron chi connectivity index (χ4n) is 2.98. The van der Waals surface area contributed by atoms with Gasteiger partial charge in [0.2, 0.25) is 5.91 Å². The summed E-state index contributed by atoms with van der Waals surface area (Å²) >= 11 is 18.0. The van der Waals surface area contributed by atoms with Gasteiger partial charge < -0.3 is 10.2 Å². The number of halogens is 3. The van der Waals surface area contributed by atoms with Crippen LogP contribution in [0.15, 0.2) is 48.5 Å². The van der Waals surface area contributed by atoms with Crippen molar-refractivity contribution in [3.8, 4) is 5.69 Å². The molecule has 0 atom stereocenters. The number of anilines is 1. The number of nitrogens with one attached hydrogen (secondary N) is 1. The van der Waals surface area contributed by atoms with E-state index in [1.165, 1.54) is 30.1 Å². The number of hydrogen-bond acceptors (Lipinski definition) is 3. The van der Waals surface area contributed by atoms with E-state index in [4.69, 9.17) is 34.8 Å². The zero-order valence-corrected chi connectivity index (χ0v) is 20.4. The quantitative estimate of drug-likeness (QED) is 0.485. The molecule has 0 radical (unpaired) electrons. The minimum atomic E-state index is -0.371. The Labute approximate surface area is 202 Å². The molecule has 0 bridgehead atoms. The highest BCUT2D eigenvalue weighted by Gasteiger charge is 2.22. The fourth-order valence-corrected chi connectivity index (χ4v) is 3.64. The van der Waals surface area contributed by atoms with Crippen LogP contribution in [-0.4, -0.2) is 40.1 Å². The van der Waals surface area contributed by atoms with E-state index < -0.39 is 0 Å². The van der Waals surface area contributed by atoms with Crippen molar-refractivity contribution in [3.05, 3.63) is 74.9 Å². The first-order valence-corrected chi connectivity index (χ1v) is 11.0. The Morgan fingerprint density at radius 1 is 0.969 bits per heavy atom. The summed E-state index contributed by atoms with van der Waals surface area (Å²) in [5.74, 6) is -0.246. The maximum atomic E-state index is 12.8. The molecule has 1 N–H and O–H groups in total. The molecular weight excluding hydrogens is 471 g/mol. The van der Waals surface area contributed by atoms with Crippen LogP contribution in [0.4, 0.5) is 5.82 Å². The maximum Gasteiger partial charge on any atom is 0.254 e. The average molecular weight is 494 g/mol. The molecule has 0 saturated heterocycles. The summed E-state index contributed by atoms with van der Waals surface area (Å²) in [6.45, 7) is 5.95. The number of likely N-dealkylation sites (N-methyl/N-ethyl adjacent to an activating group) is 1. The highest BCUT2D eigenvalue weighted by atomic mass is 35.5. The van der Waals surface area contributed by atoms with Gasteiger partial charge in [-0.25, -0.2) is 4.68 Å². The van der Waals surface area contributed by atoms with Crippen molar-refractivity contribution in [1.82, 2.24) is 14.7 Å². The van der Waals surface area contributed by atoms with Crippen molar-refractivity contribution in [3.63, 3.8) is 0 Å². The molecule has 32 heavy (non-hydrogen) atoms. The molecule has 2 aromatic carbocycles. The van der Waals surface area contributed by atoms with Crippen LogP contribution in [0.2, 0.25) is 15.1 Å². The highest BCUT2D eigenvalue weighted by Crippen LogP contribution is 2.27. The van der Waals surface area contributed by atoms with Gasteiger partial charge in [0.05, 0.1) is 17.9 Å². The van der Waals surface area contributed by atoms with Crippen LogP contribution >= 0.6 is 34.8 Å². The van der Waals surface area contributed by atoms with Crippen LogP contribution in [0.5, 0.6) is 0 Å². The summed E-state index contributed by atoms with van der Waals surface area (Å²) < 4.78 is 1.65. The van der Waals surface area contributed by atoms with Crippen LogP contribution in [0.25, 0.3) is 5.69 Å². The van der Waals surface area contributed by atoms with E-state index in [0.29, 0.717) is 26.4 Å². The average Bonchev–Trinajstić information content (AvgIpc) is 3.11. The smallest absolute Gasteiger partial charge is 0.254 e. The number of aromatic nitrogens is 2. The Morgan fingerprint density at radius 2 is 1.56 bits per heavy atom. The minimum absolute atomic E-state index is 0.167. The Morgan fingerprint density at radius 3 is 2.12 bits per heavy atom. The lowest BCUT2D eigenvalue weighted by atomic mass is 9.92. The van der Waals surface area contributed by atoms with Gasteiger partial charge in [-0.3, -0.25) is 9.59 Å². The van der Waals surface area contributed by atoms with Crippen molar-refractivity contribution >= 4 is 52.4 Å². The van der Waals surface area contributed by atoms with Gasteiger partial charge in [-0.15, -0.1) is 0 Å². The Balaban J connectivity index is 1.81. The summed E-state index contributed by atoms with van der Waals surface area (Å²) in [6.07, 6.45) is 0. The number of carbonyl (C=O) groups excluding carboxylic acids is 2. The molecule has 0 aliphatic carbocycles. The predicted octanol–water partition coefficient (Wildman–Crippen LogP) is 5.84. The number of nitrogens with zero attached hydrogens (tertiary/aromatic N) is 3. The van der Waals surface area contributed by atoms with E-state index in [1.54, 1.807) is 16.8 Å². The molecule has 1 heterocycles. The van der Waals surface area contributed by atoms with Crippen molar-refractivity contribution < 1.29 is 9.59 Å². The minimum Gasteiger partial charge on any atom is -0.332 e. The number of rotatable bonds is 5. The Bertz CT molecular complexity index is 1130. The van der Waals surface area contributed by atoms with Crippen molar-refractivity contribution in [2.45, 2.75) is 26.2 Å². The SMILES string of the molecule is CN(CC(=O)Nc1cc(C(C)(C)C)nn1-c1ccc(Cl)cc1)C(=O)c1cc(Cl)cc(Cl)c1. The maximum absolute atomic E-state index is 12.8. The molecule has 6 nitrogen and oxygen atoms in total. The zero-order valence-electron chi connectivity index (χ0n) is 18.1. The second kappa shape index (κ2) is 9.53. The first-order valence-electron chi connectivity index (χ1n) is 9.82. The van der Waals surface area contributed by atoms with Gasteiger partial charge in [0.25, 0.3) is 5.91 Å². The van der Waals surface area contributed by atoms with E-state index in [1.807, 2.05) is 39.0 Å². The van der Waals surface area contributed by atoms with Crippen LogP contribution in [-0.2, 0) is 10.2 Å². The van der Waals surface area contributed by atoms with Crippen LogP contribution in [0.1, 0.15) is 36.8 Å². The lowest BCUT2D eigenvalue weighted by Crippen LogP contribution is -2.35. The third-order valence-corrected chi connectivity index (χ3v) is 5.34. The highest BCUT2D eigenvalue weighted by molar-refractivity contribution is 6.35. The van der Waals surface area contributed by atoms with E-state index in [9.17, 15) is 9.59 Å². The van der Waals surface area contributed by atoms with Gasteiger partial charge >= 0.3 is 0 Å². The van der Waals surface area contributed by atoms with Crippen molar-refractivity contribution in [2.24, 2.45) is 0 Å². The Kier molecular flexibility index (Phi) is 7.18. The zero-order chi connectivity index (χ0) is 23.6. The van der Waals surface area contributed by atoms with Gasteiger partial charge in [0.15, 0.2) is 0 Å². The lowest BCUT2D eigenvalue weighted by Gasteiger charge is -2.17. The molecule has 0 fully saturated rings. The normalized spacial score (nSPS) is 11.3. The van der Waals surface area contributed by atoms with E-state index >= 15 is 0 Å². The molecule has 0 spiro atoms. The van der Waals surface area contributed by atoms with Gasteiger partial charge in [-0.05, 0) is 42.5 Å². The second-order valence-corrected chi connectivity index (χ2v) is 9.73. The number of amides is 2. The largest absolute Gasteiger partial charge is 0.332 e. The Hall–Kier alpha value is -2.54. The molecule has 168 valence electrons. The predicted molar refractivity (Wildman–Crippen MR) is 129 cm³/mol. The molecule has 0 aliphatic heterocycles. The van der Waals surface area contributed by atoms with Crippen LogP contribution < -0.4 is 5.32 Å². The molecule has 9 heteroatoms. The molecule has 0 unspecified atom stereocenters.